The largest absolute Gasteiger partial charge is 0.497 e. The Labute approximate surface area is 225 Å². The van der Waals surface area contributed by atoms with Crippen LogP contribution in [0.15, 0.2) is 54.6 Å². The summed E-state index contributed by atoms with van der Waals surface area (Å²) in [5.41, 5.74) is 5.61. The third-order valence-corrected chi connectivity index (χ3v) is 8.35. The summed E-state index contributed by atoms with van der Waals surface area (Å²) in [5, 5.41) is 11.6. The first-order chi connectivity index (χ1) is 19.0. The van der Waals surface area contributed by atoms with Gasteiger partial charge in [0, 0.05) is 42.2 Å². The Balaban J connectivity index is 1.09. The van der Waals surface area contributed by atoms with Crippen LogP contribution in [0.3, 0.4) is 0 Å². The lowest BCUT2D eigenvalue weighted by molar-refractivity contribution is -0.118. The van der Waals surface area contributed by atoms with Crippen LogP contribution in [0.1, 0.15) is 40.3 Å². The van der Waals surface area contributed by atoms with Gasteiger partial charge in [-0.1, -0.05) is 30.3 Å². The minimum atomic E-state index is -0.543. The maximum Gasteiger partial charge on any atom is 0.235 e. The first kappa shape index (κ1) is 24.1. The van der Waals surface area contributed by atoms with Gasteiger partial charge in [-0.15, -0.1) is 0 Å². The van der Waals surface area contributed by atoms with E-state index in [1.807, 2.05) is 48.6 Å². The average Bonchev–Trinajstić information content (AvgIpc) is 3.50. The van der Waals surface area contributed by atoms with E-state index in [4.69, 9.17) is 9.47 Å². The number of anilines is 1. The number of hydrogen-bond acceptors (Lipinski definition) is 5. The first-order valence-corrected chi connectivity index (χ1v) is 13.3. The van der Waals surface area contributed by atoms with E-state index in [2.05, 4.69) is 32.5 Å². The van der Waals surface area contributed by atoms with Gasteiger partial charge in [0.25, 0.3) is 0 Å². The number of amides is 1. The number of aromatic amines is 1. The molecule has 3 heterocycles. The number of ether oxygens (including phenoxy) is 2. The fourth-order valence-corrected chi connectivity index (χ4v) is 6.07. The number of nitrogens with zero attached hydrogens (tertiary/aromatic N) is 2. The SMILES string of the molecule is COc1ccc2c(c1)[C@]1(C[C@H]1c1ccc3c(C=Cc4ccc(CN5CCOCC5)c(F)c4)n[nH]c3c1)C(=O)N2. The van der Waals surface area contributed by atoms with E-state index in [-0.39, 0.29) is 17.6 Å². The fourth-order valence-electron chi connectivity index (χ4n) is 6.07. The van der Waals surface area contributed by atoms with Crippen LogP contribution in [0.25, 0.3) is 23.1 Å². The molecular weight excluding hydrogens is 495 g/mol. The van der Waals surface area contributed by atoms with Crippen molar-refractivity contribution in [3.05, 3.63) is 88.4 Å². The van der Waals surface area contributed by atoms with Gasteiger partial charge in [-0.25, -0.2) is 4.39 Å². The van der Waals surface area contributed by atoms with Crippen molar-refractivity contribution in [1.29, 1.82) is 0 Å². The maximum absolute atomic E-state index is 14.8. The van der Waals surface area contributed by atoms with Gasteiger partial charge in [-0.05, 0) is 59.5 Å². The molecule has 4 aromatic rings. The molecule has 1 saturated carbocycles. The van der Waals surface area contributed by atoms with Gasteiger partial charge in [0.05, 0.1) is 36.9 Å². The van der Waals surface area contributed by atoms with Gasteiger partial charge in [0.1, 0.15) is 11.6 Å². The van der Waals surface area contributed by atoms with Crippen molar-refractivity contribution in [2.45, 2.75) is 24.3 Å². The summed E-state index contributed by atoms with van der Waals surface area (Å²) >= 11 is 0. The predicted molar refractivity (Wildman–Crippen MR) is 148 cm³/mol. The molecule has 198 valence electrons. The number of methoxy groups -OCH3 is 1. The van der Waals surface area contributed by atoms with Gasteiger partial charge in [-0.2, -0.15) is 5.10 Å². The minimum Gasteiger partial charge on any atom is -0.497 e. The van der Waals surface area contributed by atoms with Crippen molar-refractivity contribution in [1.82, 2.24) is 15.1 Å². The normalized spacial score (nSPS) is 22.5. The number of halogens is 1. The molecule has 2 aliphatic heterocycles. The molecule has 7 rings (SSSR count). The molecule has 1 aromatic heterocycles. The summed E-state index contributed by atoms with van der Waals surface area (Å²) < 4.78 is 25.6. The number of fused-ring (bicyclic) bond motifs is 3. The second kappa shape index (κ2) is 9.32. The van der Waals surface area contributed by atoms with Crippen LogP contribution in [0.2, 0.25) is 0 Å². The molecule has 1 spiro atoms. The zero-order valence-corrected chi connectivity index (χ0v) is 21.7. The predicted octanol–water partition coefficient (Wildman–Crippen LogP) is 5.09. The van der Waals surface area contributed by atoms with Crippen LogP contribution in [0.4, 0.5) is 10.1 Å². The molecule has 3 aliphatic rings. The Hall–Kier alpha value is -4.01. The van der Waals surface area contributed by atoms with Crippen LogP contribution < -0.4 is 10.1 Å². The molecule has 0 bridgehead atoms. The standard InChI is InChI=1S/C31H29FN4O3/c1-38-22-6-9-28-24(16-22)31(30(37)33-28)17-25(31)20-5-7-23-27(34-35-29(23)15-20)8-3-19-2-4-21(26(32)14-19)18-36-10-12-39-13-11-36/h2-9,14-16,25H,10-13,17-18H2,1H3,(H,33,37)(H,34,35)/t25-,31-/m0/s1. The molecule has 1 amide bonds. The third-order valence-electron chi connectivity index (χ3n) is 8.35. The monoisotopic (exact) mass is 524 g/mol. The van der Waals surface area contributed by atoms with Gasteiger partial charge < -0.3 is 14.8 Å². The van der Waals surface area contributed by atoms with Gasteiger partial charge in [-0.3, -0.25) is 14.8 Å². The van der Waals surface area contributed by atoms with Gasteiger partial charge in [0.15, 0.2) is 0 Å². The van der Waals surface area contributed by atoms with Crippen LogP contribution in [-0.2, 0) is 21.5 Å². The molecule has 0 radical (unpaired) electrons. The summed E-state index contributed by atoms with van der Waals surface area (Å²) in [6.45, 7) is 3.63. The number of rotatable bonds is 6. The Morgan fingerprint density at radius 1 is 1.13 bits per heavy atom. The minimum absolute atomic E-state index is 0.0484. The first-order valence-electron chi connectivity index (χ1n) is 13.3. The van der Waals surface area contributed by atoms with Gasteiger partial charge in [0.2, 0.25) is 5.91 Å². The summed E-state index contributed by atoms with van der Waals surface area (Å²) in [7, 11) is 1.64. The van der Waals surface area contributed by atoms with E-state index in [1.165, 1.54) is 0 Å². The van der Waals surface area contributed by atoms with E-state index < -0.39 is 5.41 Å². The number of H-pyrrole nitrogens is 1. The highest BCUT2D eigenvalue weighted by Crippen LogP contribution is 2.65. The molecule has 1 saturated heterocycles. The molecule has 2 N–H and O–H groups in total. The molecule has 2 fully saturated rings. The number of benzene rings is 3. The summed E-state index contributed by atoms with van der Waals surface area (Å²) in [5.74, 6) is 0.694. The number of carbonyl (C=O) groups excluding carboxylic acids is 1. The highest BCUT2D eigenvalue weighted by molar-refractivity contribution is 6.10. The Kier molecular flexibility index (Phi) is 5.75. The van der Waals surface area contributed by atoms with E-state index in [0.29, 0.717) is 25.3 Å². The molecular formula is C31H29FN4O3. The van der Waals surface area contributed by atoms with Crippen molar-refractivity contribution in [3.8, 4) is 5.75 Å². The third kappa shape index (κ3) is 4.11. The second-order valence-corrected chi connectivity index (χ2v) is 10.6. The maximum atomic E-state index is 14.8. The lowest BCUT2D eigenvalue weighted by atomic mass is 9.91. The zero-order valence-electron chi connectivity index (χ0n) is 21.7. The van der Waals surface area contributed by atoms with E-state index in [0.717, 1.165) is 64.2 Å². The Bertz CT molecular complexity index is 1620. The van der Waals surface area contributed by atoms with Crippen molar-refractivity contribution < 1.29 is 18.7 Å². The average molecular weight is 525 g/mol. The number of nitrogens with one attached hydrogen (secondary N) is 2. The smallest absolute Gasteiger partial charge is 0.235 e. The van der Waals surface area contributed by atoms with Crippen LogP contribution in [-0.4, -0.2) is 54.4 Å². The number of hydrogen-bond donors (Lipinski definition) is 2. The molecule has 7 nitrogen and oxygen atoms in total. The van der Waals surface area contributed by atoms with Crippen LogP contribution in [0, 0.1) is 5.82 Å². The molecule has 39 heavy (non-hydrogen) atoms. The molecule has 1 aliphatic carbocycles. The number of carbonyl (C=O) groups is 1. The molecule has 0 unspecified atom stereocenters. The van der Waals surface area contributed by atoms with E-state index in [9.17, 15) is 9.18 Å². The van der Waals surface area contributed by atoms with Crippen LogP contribution in [0.5, 0.6) is 5.75 Å². The Morgan fingerprint density at radius 3 is 2.82 bits per heavy atom. The number of aromatic nitrogens is 2. The highest BCUT2D eigenvalue weighted by Gasteiger charge is 2.65. The van der Waals surface area contributed by atoms with Crippen molar-refractivity contribution >= 4 is 34.6 Å². The number of morpholine rings is 1. The van der Waals surface area contributed by atoms with Crippen molar-refractivity contribution in [2.24, 2.45) is 0 Å². The van der Waals surface area contributed by atoms with Crippen molar-refractivity contribution in [2.75, 3.05) is 38.7 Å². The molecule has 3 aromatic carbocycles. The fraction of sp³-hybridized carbons (Fsp3) is 0.290. The summed E-state index contributed by atoms with van der Waals surface area (Å²) in [4.78, 5) is 15.2. The van der Waals surface area contributed by atoms with Gasteiger partial charge >= 0.3 is 0 Å². The lowest BCUT2D eigenvalue weighted by Gasteiger charge is -2.26. The summed E-state index contributed by atoms with van der Waals surface area (Å²) in [6.07, 6.45) is 4.55. The topological polar surface area (TPSA) is 79.5 Å². The summed E-state index contributed by atoms with van der Waals surface area (Å²) in [6, 6.07) is 17.3. The van der Waals surface area contributed by atoms with Crippen molar-refractivity contribution in [3.63, 3.8) is 0 Å². The second-order valence-electron chi connectivity index (χ2n) is 10.6. The Morgan fingerprint density at radius 2 is 2.00 bits per heavy atom. The molecule has 8 heteroatoms. The van der Waals surface area contributed by atoms with E-state index >= 15 is 0 Å². The lowest BCUT2D eigenvalue weighted by Crippen LogP contribution is -2.35. The highest BCUT2D eigenvalue weighted by atomic mass is 19.1. The van der Waals surface area contributed by atoms with Crippen LogP contribution >= 0.6 is 0 Å². The zero-order chi connectivity index (χ0) is 26.6. The molecule has 2 atom stereocenters. The quantitative estimate of drug-likeness (QED) is 0.367. The van der Waals surface area contributed by atoms with E-state index in [1.54, 1.807) is 13.2 Å².